The second kappa shape index (κ2) is 8.70. The summed E-state index contributed by atoms with van der Waals surface area (Å²) in [6, 6.07) is 16.8. The van der Waals surface area contributed by atoms with Gasteiger partial charge in [-0.05, 0) is 131 Å². The summed E-state index contributed by atoms with van der Waals surface area (Å²) in [6.07, 6.45) is 5.14. The average molecular weight is 548 g/mol. The maximum atomic E-state index is 14.1. The molecule has 0 aromatic heterocycles. The predicted octanol–water partition coefficient (Wildman–Crippen LogP) is 7.79. The van der Waals surface area contributed by atoms with Gasteiger partial charge in [-0.15, -0.1) is 0 Å². The van der Waals surface area contributed by atoms with Crippen LogP contribution < -0.4 is 5.32 Å². The van der Waals surface area contributed by atoms with Gasteiger partial charge in [0, 0.05) is 20.2 Å². The van der Waals surface area contributed by atoms with Crippen LogP contribution in [0, 0.1) is 27.1 Å². The van der Waals surface area contributed by atoms with Gasteiger partial charge in [-0.3, -0.25) is 4.79 Å². The van der Waals surface area contributed by atoms with Gasteiger partial charge in [-0.1, -0.05) is 23.7 Å². The second-order valence-corrected chi connectivity index (χ2v) is 10.5. The van der Waals surface area contributed by atoms with Crippen LogP contribution in [-0.2, 0) is 4.79 Å². The van der Waals surface area contributed by atoms with Crippen LogP contribution in [0.3, 0.4) is 0 Å². The van der Waals surface area contributed by atoms with E-state index < -0.39 is 0 Å². The number of hydrogen-bond donors (Lipinski definition) is 1. The standard InChI is InChI=1S/C26H24ClFINO/c27-17-3-6-19(7-4-17)30-26(31)21-9-2-15-13-16(21)1-8-20(15)22-11-12-25(29)23-10-5-18(28)14-24(22)23/h3-7,10-12,14-16,20-21H,1-2,8-9,13H2,(H,30,31)/t15-,16-,20+,21-/m1/s1. The van der Waals surface area contributed by atoms with E-state index in [-0.39, 0.29) is 17.6 Å². The zero-order valence-electron chi connectivity index (χ0n) is 17.1. The van der Waals surface area contributed by atoms with Crippen molar-refractivity contribution in [3.63, 3.8) is 0 Å². The van der Waals surface area contributed by atoms with Gasteiger partial charge in [0.2, 0.25) is 5.91 Å². The molecular formula is C26H24ClFINO. The molecule has 0 spiro atoms. The molecule has 0 heterocycles. The number of nitrogens with one attached hydrogen (secondary N) is 1. The summed E-state index contributed by atoms with van der Waals surface area (Å²) >= 11 is 8.28. The van der Waals surface area contributed by atoms with Gasteiger partial charge in [-0.25, -0.2) is 4.39 Å². The van der Waals surface area contributed by atoms with E-state index in [2.05, 4.69) is 40.0 Å². The topological polar surface area (TPSA) is 29.1 Å². The Morgan fingerprint density at radius 1 is 0.935 bits per heavy atom. The van der Waals surface area contributed by atoms with Crippen LogP contribution >= 0.6 is 34.2 Å². The van der Waals surface area contributed by atoms with E-state index in [1.54, 1.807) is 24.3 Å². The first-order chi connectivity index (χ1) is 15.0. The third kappa shape index (κ3) is 4.21. The van der Waals surface area contributed by atoms with Crippen molar-refractivity contribution >= 4 is 56.6 Å². The molecule has 0 aliphatic heterocycles. The number of carbonyl (C=O) groups excluding carboxylic acids is 1. The second-order valence-electron chi connectivity index (χ2n) is 8.95. The smallest absolute Gasteiger partial charge is 0.227 e. The molecule has 0 saturated heterocycles. The van der Waals surface area contributed by atoms with E-state index in [0.29, 0.717) is 22.8 Å². The molecule has 5 rings (SSSR count). The van der Waals surface area contributed by atoms with Crippen LogP contribution in [0.5, 0.6) is 0 Å². The maximum Gasteiger partial charge on any atom is 0.227 e. The number of halogens is 3. The van der Waals surface area contributed by atoms with Crippen molar-refractivity contribution in [1.29, 1.82) is 0 Å². The molecule has 2 bridgehead atoms. The van der Waals surface area contributed by atoms with Crippen LogP contribution in [-0.4, -0.2) is 5.91 Å². The fourth-order valence-corrected chi connectivity index (χ4v) is 6.54. The Balaban J connectivity index is 1.34. The van der Waals surface area contributed by atoms with Gasteiger partial charge in [0.05, 0.1) is 0 Å². The minimum atomic E-state index is -0.174. The molecule has 31 heavy (non-hydrogen) atoms. The summed E-state index contributed by atoms with van der Waals surface area (Å²) in [5.41, 5.74) is 2.08. The van der Waals surface area contributed by atoms with Crippen LogP contribution in [0.2, 0.25) is 5.02 Å². The number of rotatable bonds is 3. The molecule has 1 N–H and O–H groups in total. The zero-order valence-corrected chi connectivity index (χ0v) is 20.0. The van der Waals surface area contributed by atoms with Gasteiger partial charge in [0.1, 0.15) is 5.82 Å². The quantitative estimate of drug-likeness (QED) is 0.333. The van der Waals surface area contributed by atoms with E-state index in [4.69, 9.17) is 11.6 Å². The monoisotopic (exact) mass is 547 g/mol. The normalized spacial score (nSPS) is 25.4. The lowest BCUT2D eigenvalue weighted by Crippen LogP contribution is -2.39. The minimum absolute atomic E-state index is 0.0683. The van der Waals surface area contributed by atoms with Gasteiger partial charge >= 0.3 is 0 Å². The first-order valence-electron chi connectivity index (χ1n) is 10.9. The fourth-order valence-electron chi connectivity index (χ4n) is 5.77. The van der Waals surface area contributed by atoms with Crippen LogP contribution in [0.15, 0.2) is 54.6 Å². The molecule has 3 aromatic rings. The number of amides is 1. The van der Waals surface area contributed by atoms with E-state index >= 15 is 0 Å². The van der Waals surface area contributed by atoms with Gasteiger partial charge < -0.3 is 5.32 Å². The summed E-state index contributed by atoms with van der Waals surface area (Å²) in [6.45, 7) is 0. The molecule has 3 aromatic carbocycles. The Morgan fingerprint density at radius 3 is 2.52 bits per heavy atom. The molecule has 0 unspecified atom stereocenters. The summed E-state index contributed by atoms with van der Waals surface area (Å²) in [5.74, 6) is 1.45. The van der Waals surface area contributed by atoms with Gasteiger partial charge in [0.15, 0.2) is 0 Å². The highest BCUT2D eigenvalue weighted by Crippen LogP contribution is 2.51. The highest BCUT2D eigenvalue weighted by atomic mass is 127. The molecule has 4 atom stereocenters. The molecule has 2 saturated carbocycles. The molecule has 0 radical (unpaired) electrons. The first kappa shape index (κ1) is 21.2. The van der Waals surface area contributed by atoms with Gasteiger partial charge in [-0.2, -0.15) is 0 Å². The van der Waals surface area contributed by atoms with Crippen molar-refractivity contribution in [2.45, 2.75) is 38.0 Å². The fraction of sp³-hybridized carbons (Fsp3) is 0.346. The van der Waals surface area contributed by atoms with E-state index in [0.717, 1.165) is 52.1 Å². The Labute approximate surface area is 200 Å². The molecular weight excluding hydrogens is 524 g/mol. The van der Waals surface area contributed by atoms with Crippen molar-refractivity contribution in [3.05, 3.63) is 74.6 Å². The summed E-state index contributed by atoms with van der Waals surface area (Å²) < 4.78 is 15.2. The average Bonchev–Trinajstić information content (AvgIpc) is 2.76. The van der Waals surface area contributed by atoms with E-state index in [1.807, 2.05) is 18.2 Å². The van der Waals surface area contributed by atoms with E-state index in [1.165, 1.54) is 5.56 Å². The largest absolute Gasteiger partial charge is 0.326 e. The lowest BCUT2D eigenvalue weighted by molar-refractivity contribution is -0.123. The van der Waals surface area contributed by atoms with Crippen molar-refractivity contribution in [3.8, 4) is 0 Å². The molecule has 2 aliphatic rings. The highest BCUT2D eigenvalue weighted by Gasteiger charge is 2.42. The minimum Gasteiger partial charge on any atom is -0.326 e. The summed E-state index contributed by atoms with van der Waals surface area (Å²) in [4.78, 5) is 13.0. The molecule has 5 heteroatoms. The number of anilines is 1. The van der Waals surface area contributed by atoms with Gasteiger partial charge in [0.25, 0.3) is 0 Å². The Bertz CT molecular complexity index is 1130. The Morgan fingerprint density at radius 2 is 1.71 bits per heavy atom. The molecule has 2 aliphatic carbocycles. The Kier molecular flexibility index (Phi) is 5.95. The SMILES string of the molecule is O=C(Nc1ccc(Cl)cc1)[C@@H]1CC[C@@H]2C[C@H]1CC[C@@H]2c1ccc(I)c2ccc(F)cc12. The lowest BCUT2D eigenvalue weighted by Gasteiger charge is -2.44. The zero-order chi connectivity index (χ0) is 21.5. The number of fused-ring (bicyclic) bond motifs is 3. The van der Waals surface area contributed by atoms with Crippen LogP contribution in [0.25, 0.3) is 10.8 Å². The third-order valence-electron chi connectivity index (χ3n) is 7.25. The van der Waals surface area contributed by atoms with Crippen molar-refractivity contribution in [2.75, 3.05) is 5.32 Å². The van der Waals surface area contributed by atoms with Crippen molar-refractivity contribution < 1.29 is 9.18 Å². The van der Waals surface area contributed by atoms with Crippen LogP contribution in [0.1, 0.15) is 43.6 Å². The van der Waals surface area contributed by atoms with Crippen molar-refractivity contribution in [1.82, 2.24) is 0 Å². The maximum absolute atomic E-state index is 14.1. The molecule has 1 amide bonds. The Hall–Kier alpha value is -1.66. The predicted molar refractivity (Wildman–Crippen MR) is 133 cm³/mol. The number of benzene rings is 3. The summed E-state index contributed by atoms with van der Waals surface area (Å²) in [5, 5.41) is 5.94. The lowest BCUT2D eigenvalue weighted by atomic mass is 9.61. The third-order valence-corrected chi connectivity index (χ3v) is 8.44. The van der Waals surface area contributed by atoms with Crippen LogP contribution in [0.4, 0.5) is 10.1 Å². The highest BCUT2D eigenvalue weighted by molar-refractivity contribution is 14.1. The molecule has 160 valence electrons. The number of hydrogen-bond acceptors (Lipinski definition) is 1. The van der Waals surface area contributed by atoms with E-state index in [9.17, 15) is 9.18 Å². The molecule has 2 nitrogen and oxygen atoms in total. The first-order valence-corrected chi connectivity index (χ1v) is 12.4. The summed E-state index contributed by atoms with van der Waals surface area (Å²) in [7, 11) is 0. The number of carbonyl (C=O) groups is 1. The molecule has 2 fully saturated rings. The van der Waals surface area contributed by atoms with Crippen molar-refractivity contribution in [2.24, 2.45) is 17.8 Å².